The summed E-state index contributed by atoms with van der Waals surface area (Å²) >= 11 is 2.04. The zero-order valence-corrected chi connectivity index (χ0v) is 15.7. The van der Waals surface area contributed by atoms with Crippen molar-refractivity contribution < 1.29 is 4.79 Å². The van der Waals surface area contributed by atoms with E-state index in [4.69, 9.17) is 0 Å². The van der Waals surface area contributed by atoms with Crippen LogP contribution in [0, 0.1) is 13.8 Å². The summed E-state index contributed by atoms with van der Waals surface area (Å²) in [5, 5.41) is 6.16. The predicted octanol–water partition coefficient (Wildman–Crippen LogP) is 3.79. The highest BCUT2D eigenvalue weighted by Gasteiger charge is 2.40. The number of hydrogen-bond acceptors (Lipinski definition) is 3. The van der Waals surface area contributed by atoms with E-state index in [2.05, 4.69) is 28.5 Å². The number of rotatable bonds is 4. The molecule has 4 nitrogen and oxygen atoms in total. The molecule has 0 unspecified atom stereocenters. The van der Waals surface area contributed by atoms with Crippen molar-refractivity contribution in [2.24, 2.45) is 0 Å². The van der Waals surface area contributed by atoms with Gasteiger partial charge in [-0.3, -0.25) is 4.90 Å². The van der Waals surface area contributed by atoms with Crippen LogP contribution in [0.2, 0.25) is 0 Å². The molecule has 1 aromatic rings. The van der Waals surface area contributed by atoms with E-state index in [1.54, 1.807) is 0 Å². The Labute approximate surface area is 149 Å². The maximum Gasteiger partial charge on any atom is 0.319 e. The summed E-state index contributed by atoms with van der Waals surface area (Å²) < 4.78 is 0. The van der Waals surface area contributed by atoms with Gasteiger partial charge in [-0.1, -0.05) is 30.5 Å². The van der Waals surface area contributed by atoms with Crippen molar-refractivity contribution >= 4 is 23.5 Å². The lowest BCUT2D eigenvalue weighted by molar-refractivity contribution is 0.105. The number of nitrogens with zero attached hydrogens (tertiary/aromatic N) is 1. The van der Waals surface area contributed by atoms with Gasteiger partial charge in [0.1, 0.15) is 0 Å². The molecule has 1 saturated carbocycles. The van der Waals surface area contributed by atoms with Gasteiger partial charge in [0.15, 0.2) is 0 Å². The highest BCUT2D eigenvalue weighted by atomic mass is 32.2. The summed E-state index contributed by atoms with van der Waals surface area (Å²) in [6.45, 7) is 7.18. The van der Waals surface area contributed by atoms with Crippen molar-refractivity contribution in [3.8, 4) is 0 Å². The number of urea groups is 1. The highest BCUT2D eigenvalue weighted by Crippen LogP contribution is 2.36. The van der Waals surface area contributed by atoms with E-state index >= 15 is 0 Å². The molecule has 1 aliphatic carbocycles. The molecule has 132 valence electrons. The van der Waals surface area contributed by atoms with Crippen molar-refractivity contribution in [1.29, 1.82) is 0 Å². The second-order valence-corrected chi connectivity index (χ2v) is 8.38. The maximum atomic E-state index is 12.4. The third-order valence-corrected chi connectivity index (χ3v) is 6.37. The Balaban J connectivity index is 1.59. The number of anilines is 1. The predicted molar refractivity (Wildman–Crippen MR) is 103 cm³/mol. The molecule has 1 aromatic carbocycles. The fourth-order valence-electron chi connectivity index (χ4n) is 4.04. The van der Waals surface area contributed by atoms with Gasteiger partial charge in [-0.15, -0.1) is 0 Å². The van der Waals surface area contributed by atoms with Gasteiger partial charge >= 0.3 is 6.03 Å². The van der Waals surface area contributed by atoms with Crippen LogP contribution in [0.15, 0.2) is 18.2 Å². The second-order valence-electron chi connectivity index (χ2n) is 7.16. The van der Waals surface area contributed by atoms with E-state index in [-0.39, 0.29) is 11.6 Å². The van der Waals surface area contributed by atoms with Crippen molar-refractivity contribution in [2.45, 2.75) is 45.1 Å². The van der Waals surface area contributed by atoms with E-state index < -0.39 is 0 Å². The van der Waals surface area contributed by atoms with Crippen molar-refractivity contribution in [3.63, 3.8) is 0 Å². The Morgan fingerprint density at radius 3 is 2.58 bits per heavy atom. The molecule has 0 atom stereocenters. The first-order chi connectivity index (χ1) is 11.6. The number of hydrogen-bond donors (Lipinski definition) is 2. The lowest BCUT2D eigenvalue weighted by Gasteiger charge is -2.43. The molecule has 3 rings (SSSR count). The van der Waals surface area contributed by atoms with Gasteiger partial charge in [0.2, 0.25) is 0 Å². The van der Waals surface area contributed by atoms with E-state index in [0.29, 0.717) is 0 Å². The van der Waals surface area contributed by atoms with Gasteiger partial charge in [0.05, 0.1) is 0 Å². The average Bonchev–Trinajstić information content (AvgIpc) is 3.07. The fourth-order valence-corrected chi connectivity index (χ4v) is 4.94. The summed E-state index contributed by atoms with van der Waals surface area (Å²) in [4.78, 5) is 15.0. The molecule has 1 aliphatic heterocycles. The average molecular weight is 348 g/mol. The first kappa shape index (κ1) is 17.6. The molecule has 0 bridgehead atoms. The third-order valence-electron chi connectivity index (χ3n) is 5.42. The van der Waals surface area contributed by atoms with Gasteiger partial charge in [0.25, 0.3) is 0 Å². The van der Waals surface area contributed by atoms with Gasteiger partial charge in [-0.05, 0) is 38.3 Å². The number of amides is 2. The Hall–Kier alpha value is -1.20. The summed E-state index contributed by atoms with van der Waals surface area (Å²) in [6, 6.07) is 6.03. The number of nitrogens with one attached hydrogen (secondary N) is 2. The summed E-state index contributed by atoms with van der Waals surface area (Å²) in [5.74, 6) is 2.44. The minimum Gasteiger partial charge on any atom is -0.336 e. The Morgan fingerprint density at radius 2 is 1.92 bits per heavy atom. The minimum atomic E-state index is -0.0837. The highest BCUT2D eigenvalue weighted by molar-refractivity contribution is 7.99. The Bertz CT molecular complexity index is 578. The van der Waals surface area contributed by atoms with E-state index in [1.165, 1.54) is 42.8 Å². The van der Waals surface area contributed by atoms with Crippen LogP contribution in [0.25, 0.3) is 0 Å². The van der Waals surface area contributed by atoms with Gasteiger partial charge in [-0.25, -0.2) is 4.79 Å². The van der Waals surface area contributed by atoms with E-state index in [0.717, 1.165) is 30.9 Å². The van der Waals surface area contributed by atoms with Gasteiger partial charge in [-0.2, -0.15) is 11.8 Å². The number of aryl methyl sites for hydroxylation is 2. The number of carbonyl (C=O) groups is 1. The largest absolute Gasteiger partial charge is 0.336 e. The second kappa shape index (κ2) is 7.79. The van der Waals surface area contributed by atoms with Crippen LogP contribution in [0.4, 0.5) is 10.5 Å². The van der Waals surface area contributed by atoms with Crippen molar-refractivity contribution in [2.75, 3.05) is 36.5 Å². The first-order valence-electron chi connectivity index (χ1n) is 9.04. The molecule has 24 heavy (non-hydrogen) atoms. The maximum absolute atomic E-state index is 12.4. The van der Waals surface area contributed by atoms with Gasteiger partial charge in [0, 0.05) is 42.4 Å². The van der Waals surface area contributed by atoms with Crippen LogP contribution in [-0.4, -0.2) is 47.6 Å². The standard InChI is InChI=1S/C19H29N3OS/c1-15-5-6-17(16(2)13-15)21-18(23)20-14-19(7-3-4-8-19)22-9-11-24-12-10-22/h5-6,13H,3-4,7-12,14H2,1-2H3,(H2,20,21,23). The van der Waals surface area contributed by atoms with Crippen LogP contribution in [0.3, 0.4) is 0 Å². The van der Waals surface area contributed by atoms with Crippen LogP contribution < -0.4 is 10.6 Å². The monoisotopic (exact) mass is 347 g/mol. The SMILES string of the molecule is Cc1ccc(NC(=O)NCC2(N3CCSCC3)CCCC2)c(C)c1. The molecule has 2 N–H and O–H groups in total. The van der Waals surface area contributed by atoms with Crippen LogP contribution in [0.5, 0.6) is 0 Å². The van der Waals surface area contributed by atoms with Crippen molar-refractivity contribution in [3.05, 3.63) is 29.3 Å². The fraction of sp³-hybridized carbons (Fsp3) is 0.632. The molecule has 0 radical (unpaired) electrons. The number of carbonyl (C=O) groups excluding carboxylic acids is 1. The van der Waals surface area contributed by atoms with Crippen LogP contribution in [0.1, 0.15) is 36.8 Å². The zero-order chi connectivity index (χ0) is 17.0. The van der Waals surface area contributed by atoms with Gasteiger partial charge < -0.3 is 10.6 Å². The van der Waals surface area contributed by atoms with Crippen molar-refractivity contribution in [1.82, 2.24) is 10.2 Å². The summed E-state index contributed by atoms with van der Waals surface area (Å²) in [5.41, 5.74) is 3.40. The quantitative estimate of drug-likeness (QED) is 0.871. The topological polar surface area (TPSA) is 44.4 Å². The molecule has 5 heteroatoms. The number of benzene rings is 1. The normalized spacial score (nSPS) is 20.8. The molecule has 2 fully saturated rings. The van der Waals surface area contributed by atoms with Crippen LogP contribution >= 0.6 is 11.8 Å². The molecular weight excluding hydrogens is 318 g/mol. The molecule has 0 spiro atoms. The van der Waals surface area contributed by atoms with Crippen LogP contribution in [-0.2, 0) is 0 Å². The zero-order valence-electron chi connectivity index (χ0n) is 14.9. The van der Waals surface area contributed by atoms with E-state index in [9.17, 15) is 4.79 Å². The molecule has 0 aromatic heterocycles. The van der Waals surface area contributed by atoms with E-state index in [1.807, 2.05) is 30.8 Å². The molecule has 1 heterocycles. The summed E-state index contributed by atoms with van der Waals surface area (Å²) in [6.07, 6.45) is 4.98. The smallest absolute Gasteiger partial charge is 0.319 e. The lowest BCUT2D eigenvalue weighted by Crippen LogP contribution is -2.56. The number of thioether (sulfide) groups is 1. The molecule has 2 amide bonds. The lowest BCUT2D eigenvalue weighted by atomic mass is 9.94. The Kier molecular flexibility index (Phi) is 5.72. The molecular formula is C19H29N3OS. The molecule has 1 saturated heterocycles. The third kappa shape index (κ3) is 4.06. The Morgan fingerprint density at radius 1 is 1.21 bits per heavy atom. The summed E-state index contributed by atoms with van der Waals surface area (Å²) in [7, 11) is 0. The molecule has 2 aliphatic rings. The minimum absolute atomic E-state index is 0.0837. The first-order valence-corrected chi connectivity index (χ1v) is 10.2.